The fourth-order valence-corrected chi connectivity index (χ4v) is 2.49. The lowest BCUT2D eigenvalue weighted by Gasteiger charge is -2.16. The summed E-state index contributed by atoms with van der Waals surface area (Å²) in [6, 6.07) is 0. The number of carbonyl (C=O) groups excluding carboxylic acids is 1. The Morgan fingerprint density at radius 3 is 2.76 bits per heavy atom. The molecular formula is C12H19NO4. The maximum absolute atomic E-state index is 11.9. The zero-order chi connectivity index (χ0) is 12.3. The highest BCUT2D eigenvalue weighted by Gasteiger charge is 2.30. The van der Waals surface area contributed by atoms with Crippen LogP contribution >= 0.6 is 0 Å². The molecule has 2 heterocycles. The molecule has 0 aromatic rings. The van der Waals surface area contributed by atoms with Crippen LogP contribution in [-0.2, 0) is 14.3 Å². The van der Waals surface area contributed by atoms with Crippen LogP contribution in [0.2, 0.25) is 0 Å². The molecule has 96 valence electrons. The van der Waals surface area contributed by atoms with Crippen molar-refractivity contribution in [1.29, 1.82) is 0 Å². The second-order valence-electron chi connectivity index (χ2n) is 4.93. The smallest absolute Gasteiger partial charge is 0.308 e. The predicted octanol–water partition coefficient (Wildman–Crippen LogP) is 0.736. The van der Waals surface area contributed by atoms with E-state index >= 15 is 0 Å². The number of hydrogen-bond donors (Lipinski definition) is 1. The summed E-state index contributed by atoms with van der Waals surface area (Å²) >= 11 is 0. The summed E-state index contributed by atoms with van der Waals surface area (Å²) in [6.45, 7) is 2.56. The van der Waals surface area contributed by atoms with Gasteiger partial charge in [0, 0.05) is 32.7 Å². The molecule has 0 saturated carbocycles. The number of nitrogens with zero attached hydrogens (tertiary/aromatic N) is 1. The predicted molar refractivity (Wildman–Crippen MR) is 60.5 cm³/mol. The van der Waals surface area contributed by atoms with Crippen molar-refractivity contribution in [2.24, 2.45) is 11.8 Å². The first-order valence-electron chi connectivity index (χ1n) is 6.25. The monoisotopic (exact) mass is 241 g/mol. The summed E-state index contributed by atoms with van der Waals surface area (Å²) in [7, 11) is 0. The first-order chi connectivity index (χ1) is 8.16. The van der Waals surface area contributed by atoms with Crippen molar-refractivity contribution in [3.63, 3.8) is 0 Å². The third kappa shape index (κ3) is 3.19. The molecule has 0 spiro atoms. The van der Waals surface area contributed by atoms with Crippen molar-refractivity contribution in [2.45, 2.75) is 25.7 Å². The van der Waals surface area contributed by atoms with E-state index < -0.39 is 5.97 Å². The molecule has 1 amide bonds. The average molecular weight is 241 g/mol. The molecule has 0 aromatic carbocycles. The quantitative estimate of drug-likeness (QED) is 0.788. The Labute approximate surface area is 101 Å². The molecule has 17 heavy (non-hydrogen) atoms. The van der Waals surface area contributed by atoms with E-state index in [1.807, 2.05) is 0 Å². The van der Waals surface area contributed by atoms with Gasteiger partial charge in [-0.25, -0.2) is 0 Å². The fraction of sp³-hybridized carbons (Fsp3) is 0.833. The maximum atomic E-state index is 11.9. The van der Waals surface area contributed by atoms with Crippen molar-refractivity contribution >= 4 is 11.9 Å². The molecular weight excluding hydrogens is 222 g/mol. The lowest BCUT2D eigenvalue weighted by molar-refractivity contribution is -0.141. The lowest BCUT2D eigenvalue weighted by Crippen LogP contribution is -2.30. The number of hydrogen-bond acceptors (Lipinski definition) is 3. The Hall–Kier alpha value is -1.10. The van der Waals surface area contributed by atoms with Crippen LogP contribution in [-0.4, -0.2) is 48.2 Å². The summed E-state index contributed by atoms with van der Waals surface area (Å²) in [5, 5.41) is 8.86. The van der Waals surface area contributed by atoms with Crippen LogP contribution in [0.5, 0.6) is 0 Å². The van der Waals surface area contributed by atoms with Crippen LogP contribution < -0.4 is 0 Å². The number of aliphatic carboxylic acids is 1. The van der Waals surface area contributed by atoms with Crippen LogP contribution in [0.3, 0.4) is 0 Å². The Morgan fingerprint density at radius 2 is 2.18 bits per heavy atom. The average Bonchev–Trinajstić information content (AvgIpc) is 2.96. The van der Waals surface area contributed by atoms with E-state index in [1.165, 1.54) is 0 Å². The molecule has 2 atom stereocenters. The molecule has 2 fully saturated rings. The van der Waals surface area contributed by atoms with Crippen LogP contribution in [0.25, 0.3) is 0 Å². The molecule has 0 aromatic heterocycles. The van der Waals surface area contributed by atoms with Gasteiger partial charge in [-0.15, -0.1) is 0 Å². The number of carbonyl (C=O) groups is 2. The highest BCUT2D eigenvalue weighted by molar-refractivity contribution is 5.78. The van der Waals surface area contributed by atoms with Crippen LogP contribution in [0.15, 0.2) is 0 Å². The number of ether oxygens (including phenoxy) is 1. The van der Waals surface area contributed by atoms with E-state index in [1.54, 1.807) is 4.90 Å². The van der Waals surface area contributed by atoms with E-state index in [4.69, 9.17) is 9.84 Å². The fourth-order valence-electron chi connectivity index (χ4n) is 2.49. The van der Waals surface area contributed by atoms with E-state index in [-0.39, 0.29) is 11.8 Å². The van der Waals surface area contributed by atoms with Crippen molar-refractivity contribution in [1.82, 2.24) is 4.90 Å². The third-order valence-electron chi connectivity index (χ3n) is 3.68. The molecule has 0 radical (unpaired) electrons. The highest BCUT2D eigenvalue weighted by Crippen LogP contribution is 2.21. The van der Waals surface area contributed by atoms with Gasteiger partial charge in [0.05, 0.1) is 5.92 Å². The largest absolute Gasteiger partial charge is 0.481 e. The zero-order valence-electron chi connectivity index (χ0n) is 9.93. The van der Waals surface area contributed by atoms with E-state index in [0.29, 0.717) is 31.8 Å². The third-order valence-corrected chi connectivity index (χ3v) is 3.68. The number of carboxylic acid groups (broad SMARTS) is 1. The number of rotatable bonds is 4. The first-order valence-corrected chi connectivity index (χ1v) is 6.25. The van der Waals surface area contributed by atoms with E-state index in [0.717, 1.165) is 26.1 Å². The molecule has 1 N–H and O–H groups in total. The van der Waals surface area contributed by atoms with Gasteiger partial charge in [0.2, 0.25) is 5.91 Å². The van der Waals surface area contributed by atoms with Gasteiger partial charge < -0.3 is 14.7 Å². The Morgan fingerprint density at radius 1 is 1.35 bits per heavy atom. The normalized spacial score (nSPS) is 28.6. The highest BCUT2D eigenvalue weighted by atomic mass is 16.5. The van der Waals surface area contributed by atoms with Gasteiger partial charge >= 0.3 is 5.97 Å². The van der Waals surface area contributed by atoms with Crippen molar-refractivity contribution in [2.75, 3.05) is 26.3 Å². The van der Waals surface area contributed by atoms with Crippen LogP contribution in [0, 0.1) is 11.8 Å². The molecule has 2 rings (SSSR count). The van der Waals surface area contributed by atoms with Crippen LogP contribution in [0.4, 0.5) is 0 Å². The van der Waals surface area contributed by atoms with Crippen LogP contribution in [0.1, 0.15) is 25.7 Å². The topological polar surface area (TPSA) is 66.8 Å². The molecule has 2 aliphatic heterocycles. The van der Waals surface area contributed by atoms with Gasteiger partial charge in [-0.05, 0) is 25.2 Å². The number of likely N-dealkylation sites (tertiary alicyclic amines) is 1. The summed E-state index contributed by atoms with van der Waals surface area (Å²) in [5.41, 5.74) is 0. The minimum atomic E-state index is -0.788. The zero-order valence-corrected chi connectivity index (χ0v) is 9.93. The number of carboxylic acids is 1. The first kappa shape index (κ1) is 12.4. The van der Waals surface area contributed by atoms with Gasteiger partial charge in [-0.1, -0.05) is 0 Å². The summed E-state index contributed by atoms with van der Waals surface area (Å²) in [4.78, 5) is 24.3. The van der Waals surface area contributed by atoms with Gasteiger partial charge in [-0.2, -0.15) is 0 Å². The summed E-state index contributed by atoms with van der Waals surface area (Å²) in [6.07, 6.45) is 3.03. The van der Waals surface area contributed by atoms with Crippen molar-refractivity contribution < 1.29 is 19.4 Å². The Balaban J connectivity index is 1.71. The minimum absolute atomic E-state index is 0.0978. The Kier molecular flexibility index (Phi) is 3.99. The summed E-state index contributed by atoms with van der Waals surface area (Å²) in [5.74, 6) is -0.546. The molecule has 5 nitrogen and oxygen atoms in total. The maximum Gasteiger partial charge on any atom is 0.308 e. The molecule has 2 saturated heterocycles. The van der Waals surface area contributed by atoms with Gasteiger partial charge in [-0.3, -0.25) is 9.59 Å². The van der Waals surface area contributed by atoms with Gasteiger partial charge in [0.1, 0.15) is 0 Å². The molecule has 5 heteroatoms. The van der Waals surface area contributed by atoms with E-state index in [2.05, 4.69) is 0 Å². The van der Waals surface area contributed by atoms with E-state index in [9.17, 15) is 9.59 Å². The second kappa shape index (κ2) is 5.49. The van der Waals surface area contributed by atoms with Crippen molar-refractivity contribution in [3.8, 4) is 0 Å². The van der Waals surface area contributed by atoms with Gasteiger partial charge in [0.15, 0.2) is 0 Å². The standard InChI is InChI=1S/C12H19NO4/c14-11(2-1-9-4-6-17-8-9)13-5-3-10(7-13)12(15)16/h9-10H,1-8H2,(H,15,16). The SMILES string of the molecule is O=C(O)C1CCN(C(=O)CCC2CCOC2)C1. The lowest BCUT2D eigenvalue weighted by atomic mass is 10.0. The molecule has 0 aliphatic carbocycles. The second-order valence-corrected chi connectivity index (χ2v) is 4.93. The number of amides is 1. The summed E-state index contributed by atoms with van der Waals surface area (Å²) < 4.78 is 5.26. The van der Waals surface area contributed by atoms with Gasteiger partial charge in [0.25, 0.3) is 0 Å². The minimum Gasteiger partial charge on any atom is -0.481 e. The molecule has 2 aliphatic rings. The Bertz CT molecular complexity index is 299. The molecule has 0 bridgehead atoms. The van der Waals surface area contributed by atoms with Crippen molar-refractivity contribution in [3.05, 3.63) is 0 Å². The molecule has 2 unspecified atom stereocenters.